The molecule has 6 nitrogen and oxygen atoms in total. The predicted octanol–water partition coefficient (Wildman–Crippen LogP) is 2.39. The fourth-order valence-electron chi connectivity index (χ4n) is 1.48. The lowest BCUT2D eigenvalue weighted by molar-refractivity contribution is 0.101. The fourth-order valence-corrected chi connectivity index (χ4v) is 1.89. The van der Waals surface area contributed by atoms with Gasteiger partial charge >= 0.3 is 0 Å². The highest BCUT2D eigenvalue weighted by Crippen LogP contribution is 2.27. The molecule has 1 heterocycles. The van der Waals surface area contributed by atoms with E-state index in [0.29, 0.717) is 23.7 Å². The number of aromatic nitrogens is 3. The second-order valence-corrected chi connectivity index (χ2v) is 4.62. The van der Waals surface area contributed by atoms with Crippen LogP contribution >= 0.6 is 15.9 Å². The summed E-state index contributed by atoms with van der Waals surface area (Å²) in [4.78, 5) is 16.0. The minimum absolute atomic E-state index is 0.124. The van der Waals surface area contributed by atoms with Crippen LogP contribution in [0.25, 0.3) is 0 Å². The van der Waals surface area contributed by atoms with Crippen molar-refractivity contribution in [3.05, 3.63) is 34.3 Å². The van der Waals surface area contributed by atoms with Crippen molar-refractivity contribution >= 4 is 27.5 Å². The first-order chi connectivity index (χ1) is 9.13. The van der Waals surface area contributed by atoms with Crippen molar-refractivity contribution in [3.63, 3.8) is 0 Å². The molecule has 2 rings (SSSR count). The monoisotopic (exact) mass is 324 g/mol. The maximum absolute atomic E-state index is 11.9. The molecule has 19 heavy (non-hydrogen) atoms. The Morgan fingerprint density at radius 3 is 2.95 bits per heavy atom. The number of ether oxygens (including phenoxy) is 1. The lowest BCUT2D eigenvalue weighted by Crippen LogP contribution is -2.13. The first-order valence-corrected chi connectivity index (χ1v) is 6.49. The number of amides is 1. The summed E-state index contributed by atoms with van der Waals surface area (Å²) in [6, 6.07) is 5.27. The van der Waals surface area contributed by atoms with Crippen LogP contribution in [0, 0.1) is 0 Å². The van der Waals surface area contributed by atoms with Crippen molar-refractivity contribution in [2.75, 3.05) is 12.4 Å². The summed E-state index contributed by atoms with van der Waals surface area (Å²) in [5, 5.41) is 9.27. The Bertz CT molecular complexity index is 597. The molecule has 0 spiro atoms. The number of nitrogens with zero attached hydrogens (tertiary/aromatic N) is 2. The second-order valence-electron chi connectivity index (χ2n) is 3.76. The minimum Gasteiger partial charge on any atom is -0.495 e. The van der Waals surface area contributed by atoms with E-state index in [9.17, 15) is 4.79 Å². The van der Waals surface area contributed by atoms with Crippen LogP contribution in [0.15, 0.2) is 22.7 Å². The van der Waals surface area contributed by atoms with Crippen molar-refractivity contribution in [1.82, 2.24) is 15.2 Å². The summed E-state index contributed by atoms with van der Waals surface area (Å²) in [5.74, 6) is 1.08. The molecule has 7 heteroatoms. The highest BCUT2D eigenvalue weighted by molar-refractivity contribution is 9.10. The van der Waals surface area contributed by atoms with E-state index in [1.165, 1.54) is 0 Å². The number of hydrogen-bond donors (Lipinski definition) is 2. The first kappa shape index (κ1) is 13.5. The summed E-state index contributed by atoms with van der Waals surface area (Å²) < 4.78 is 5.98. The highest BCUT2D eigenvalue weighted by atomic mass is 79.9. The number of hydrogen-bond acceptors (Lipinski definition) is 4. The first-order valence-electron chi connectivity index (χ1n) is 5.70. The fraction of sp³-hybridized carbons (Fsp3) is 0.250. The van der Waals surface area contributed by atoms with E-state index in [1.807, 2.05) is 6.92 Å². The van der Waals surface area contributed by atoms with E-state index in [2.05, 4.69) is 36.4 Å². The lowest BCUT2D eigenvalue weighted by Gasteiger charge is -2.07. The highest BCUT2D eigenvalue weighted by Gasteiger charge is 2.12. The molecule has 100 valence electrons. The Morgan fingerprint density at radius 1 is 1.53 bits per heavy atom. The summed E-state index contributed by atoms with van der Waals surface area (Å²) >= 11 is 3.35. The van der Waals surface area contributed by atoms with Crippen LogP contribution in [0.1, 0.15) is 23.4 Å². The smallest absolute Gasteiger partial charge is 0.295 e. The van der Waals surface area contributed by atoms with Gasteiger partial charge in [-0.2, -0.15) is 0 Å². The van der Waals surface area contributed by atoms with Gasteiger partial charge in [-0.15, -0.1) is 5.10 Å². The number of methoxy groups -OCH3 is 1. The van der Waals surface area contributed by atoms with Crippen LogP contribution in [-0.2, 0) is 6.42 Å². The molecule has 2 aromatic rings. The number of anilines is 1. The SMILES string of the molecule is CCc1nc(C(=O)Nc2ccc(Br)c(OC)c2)n[nH]1. The molecule has 1 aromatic carbocycles. The van der Waals surface area contributed by atoms with Crippen molar-refractivity contribution in [1.29, 1.82) is 0 Å². The molecule has 2 N–H and O–H groups in total. The van der Waals surface area contributed by atoms with Gasteiger partial charge in [0.1, 0.15) is 11.6 Å². The van der Waals surface area contributed by atoms with Crippen LogP contribution < -0.4 is 10.1 Å². The summed E-state index contributed by atoms with van der Waals surface area (Å²) in [6.45, 7) is 1.93. The molecular formula is C12H13BrN4O2. The minimum atomic E-state index is -0.361. The second kappa shape index (κ2) is 5.83. The van der Waals surface area contributed by atoms with Crippen LogP contribution in [0.3, 0.4) is 0 Å². The van der Waals surface area contributed by atoms with Crippen molar-refractivity contribution in [2.24, 2.45) is 0 Å². The molecule has 0 saturated heterocycles. The zero-order valence-electron chi connectivity index (χ0n) is 10.5. The Hall–Kier alpha value is -1.89. The number of halogens is 1. The predicted molar refractivity (Wildman–Crippen MR) is 74.4 cm³/mol. The van der Waals surface area contributed by atoms with Crippen LogP contribution in [0.4, 0.5) is 5.69 Å². The number of carbonyl (C=O) groups excluding carboxylic acids is 1. The normalized spacial score (nSPS) is 10.3. The van der Waals surface area contributed by atoms with Gasteiger partial charge in [-0.3, -0.25) is 9.89 Å². The summed E-state index contributed by atoms with van der Waals surface area (Å²) in [7, 11) is 1.56. The topological polar surface area (TPSA) is 79.9 Å². The molecule has 0 bridgehead atoms. The summed E-state index contributed by atoms with van der Waals surface area (Å²) in [6.07, 6.45) is 0.701. The Labute approximate surface area is 118 Å². The molecule has 0 aliphatic carbocycles. The van der Waals surface area contributed by atoms with Crippen molar-refractivity contribution in [3.8, 4) is 5.75 Å². The van der Waals surface area contributed by atoms with Gasteiger partial charge in [-0.25, -0.2) is 4.98 Å². The van der Waals surface area contributed by atoms with Crippen LogP contribution in [0.2, 0.25) is 0 Å². The van der Waals surface area contributed by atoms with E-state index in [4.69, 9.17) is 4.74 Å². The van der Waals surface area contributed by atoms with Crippen molar-refractivity contribution in [2.45, 2.75) is 13.3 Å². The van der Waals surface area contributed by atoms with E-state index in [-0.39, 0.29) is 11.7 Å². The maximum atomic E-state index is 11.9. The third kappa shape index (κ3) is 3.11. The number of rotatable bonds is 4. The van der Waals surface area contributed by atoms with Gasteiger partial charge in [0.25, 0.3) is 5.91 Å². The van der Waals surface area contributed by atoms with E-state index in [1.54, 1.807) is 25.3 Å². The molecule has 0 fully saturated rings. The zero-order chi connectivity index (χ0) is 13.8. The average Bonchev–Trinajstić information content (AvgIpc) is 2.90. The van der Waals surface area contributed by atoms with Gasteiger partial charge in [0.2, 0.25) is 5.82 Å². The maximum Gasteiger partial charge on any atom is 0.295 e. The van der Waals surface area contributed by atoms with Crippen molar-refractivity contribution < 1.29 is 9.53 Å². The molecule has 0 saturated carbocycles. The zero-order valence-corrected chi connectivity index (χ0v) is 12.1. The van der Waals surface area contributed by atoms with Crippen LogP contribution in [-0.4, -0.2) is 28.2 Å². The van der Waals surface area contributed by atoms with Gasteiger partial charge in [-0.1, -0.05) is 6.92 Å². The van der Waals surface area contributed by atoms with Crippen LogP contribution in [0.5, 0.6) is 5.75 Å². The molecule has 0 aliphatic heterocycles. The van der Waals surface area contributed by atoms with Gasteiger partial charge in [0, 0.05) is 18.2 Å². The molecular weight excluding hydrogens is 312 g/mol. The number of nitrogens with one attached hydrogen (secondary N) is 2. The summed E-state index contributed by atoms with van der Waals surface area (Å²) in [5.41, 5.74) is 0.618. The molecule has 0 unspecified atom stereocenters. The number of carbonyl (C=O) groups is 1. The number of benzene rings is 1. The molecule has 0 radical (unpaired) electrons. The van der Waals surface area contributed by atoms with Gasteiger partial charge < -0.3 is 10.1 Å². The Morgan fingerprint density at radius 2 is 2.32 bits per heavy atom. The Balaban J connectivity index is 2.14. The average molecular weight is 325 g/mol. The standard InChI is InChI=1S/C12H13BrN4O2/c1-3-10-15-11(17-16-10)12(18)14-7-4-5-8(13)9(6-7)19-2/h4-6H,3H2,1-2H3,(H,14,18)(H,15,16,17). The third-order valence-corrected chi connectivity index (χ3v) is 3.13. The van der Waals surface area contributed by atoms with E-state index < -0.39 is 0 Å². The van der Waals surface area contributed by atoms with Gasteiger partial charge in [0.05, 0.1) is 11.6 Å². The largest absolute Gasteiger partial charge is 0.495 e. The third-order valence-electron chi connectivity index (χ3n) is 2.48. The number of H-pyrrole nitrogens is 1. The molecule has 1 aromatic heterocycles. The quantitative estimate of drug-likeness (QED) is 0.904. The molecule has 0 aliphatic rings. The molecule has 0 atom stereocenters. The Kier molecular flexibility index (Phi) is 4.16. The van der Waals surface area contributed by atoms with Gasteiger partial charge in [-0.05, 0) is 28.1 Å². The van der Waals surface area contributed by atoms with E-state index >= 15 is 0 Å². The molecule has 1 amide bonds. The lowest BCUT2D eigenvalue weighted by atomic mass is 10.3. The van der Waals surface area contributed by atoms with Gasteiger partial charge in [0.15, 0.2) is 0 Å². The number of aromatic amines is 1. The number of aryl methyl sites for hydroxylation is 1. The van der Waals surface area contributed by atoms with E-state index in [0.717, 1.165) is 4.47 Å².